The zero-order valence-corrected chi connectivity index (χ0v) is 20.1. The third kappa shape index (κ3) is 6.98. The van der Waals surface area contributed by atoms with Crippen LogP contribution < -0.4 is 20.1 Å². The highest BCUT2D eigenvalue weighted by Gasteiger charge is 2.23. The lowest BCUT2D eigenvalue weighted by Gasteiger charge is -2.16. The molecule has 0 saturated carbocycles. The molecular formula is C23H30N2O6S. The molecular weight excluding hydrogens is 432 g/mol. The fraction of sp³-hybridized carbons (Fsp3) is 0.435. The zero-order chi connectivity index (χ0) is 23.9. The van der Waals surface area contributed by atoms with Crippen LogP contribution in [-0.4, -0.2) is 37.6 Å². The summed E-state index contributed by atoms with van der Waals surface area (Å²) >= 11 is 1.11. The lowest BCUT2D eigenvalue weighted by Crippen LogP contribution is -2.27. The van der Waals surface area contributed by atoms with Crippen LogP contribution in [-0.2, 0) is 14.3 Å². The minimum Gasteiger partial charge on any atom is -0.490 e. The van der Waals surface area contributed by atoms with Gasteiger partial charge in [0.25, 0.3) is 5.91 Å². The van der Waals surface area contributed by atoms with E-state index in [-0.39, 0.29) is 5.91 Å². The van der Waals surface area contributed by atoms with E-state index in [0.29, 0.717) is 45.8 Å². The molecule has 2 amide bonds. The zero-order valence-electron chi connectivity index (χ0n) is 19.3. The number of carbonyl (C=O) groups excluding carboxylic acids is 3. The number of benzene rings is 1. The number of amides is 2. The molecule has 2 aromatic rings. The SMILES string of the molecule is CCOc1ccc(NC(=O)COC(=O)c2sc(NC(=O)C(C)(C)C)cc2C)cc1OCC. The first kappa shape index (κ1) is 25.2. The van der Waals surface area contributed by atoms with Crippen LogP contribution in [0.1, 0.15) is 49.9 Å². The number of hydrogen-bond acceptors (Lipinski definition) is 7. The number of rotatable bonds is 9. The topological polar surface area (TPSA) is 103 Å². The Kier molecular flexibility index (Phi) is 8.65. The lowest BCUT2D eigenvalue weighted by atomic mass is 9.96. The largest absolute Gasteiger partial charge is 0.490 e. The summed E-state index contributed by atoms with van der Waals surface area (Å²) in [4.78, 5) is 37.2. The minimum atomic E-state index is -0.624. The monoisotopic (exact) mass is 462 g/mol. The molecule has 1 heterocycles. The van der Waals surface area contributed by atoms with E-state index >= 15 is 0 Å². The molecule has 0 aliphatic rings. The molecule has 8 nitrogen and oxygen atoms in total. The summed E-state index contributed by atoms with van der Waals surface area (Å²) in [5, 5.41) is 6.02. The van der Waals surface area contributed by atoms with Crippen molar-refractivity contribution in [3.8, 4) is 11.5 Å². The summed E-state index contributed by atoms with van der Waals surface area (Å²) < 4.78 is 16.2. The maximum Gasteiger partial charge on any atom is 0.349 e. The van der Waals surface area contributed by atoms with Gasteiger partial charge < -0.3 is 24.8 Å². The molecule has 0 radical (unpaired) electrons. The van der Waals surface area contributed by atoms with Crippen molar-refractivity contribution in [3.63, 3.8) is 0 Å². The van der Waals surface area contributed by atoms with E-state index in [0.717, 1.165) is 11.3 Å². The molecule has 9 heteroatoms. The first-order chi connectivity index (χ1) is 15.0. The van der Waals surface area contributed by atoms with Gasteiger partial charge in [-0.3, -0.25) is 9.59 Å². The van der Waals surface area contributed by atoms with Gasteiger partial charge in [-0.1, -0.05) is 20.8 Å². The van der Waals surface area contributed by atoms with Gasteiger partial charge in [0.15, 0.2) is 18.1 Å². The average molecular weight is 463 g/mol. The molecule has 0 unspecified atom stereocenters. The van der Waals surface area contributed by atoms with E-state index in [9.17, 15) is 14.4 Å². The van der Waals surface area contributed by atoms with E-state index in [4.69, 9.17) is 14.2 Å². The molecule has 1 aromatic carbocycles. The Hall–Kier alpha value is -3.07. The van der Waals surface area contributed by atoms with Gasteiger partial charge in [0, 0.05) is 17.2 Å². The molecule has 1 aromatic heterocycles. The lowest BCUT2D eigenvalue weighted by molar-refractivity contribution is -0.123. The molecule has 0 fully saturated rings. The smallest absolute Gasteiger partial charge is 0.349 e. The van der Waals surface area contributed by atoms with Crippen LogP contribution in [0.2, 0.25) is 0 Å². The fourth-order valence-corrected chi connectivity index (χ4v) is 3.53. The van der Waals surface area contributed by atoms with Gasteiger partial charge >= 0.3 is 5.97 Å². The van der Waals surface area contributed by atoms with Crippen LogP contribution >= 0.6 is 11.3 Å². The van der Waals surface area contributed by atoms with Crippen LogP contribution in [0.15, 0.2) is 24.3 Å². The molecule has 0 aliphatic carbocycles. The summed E-state index contributed by atoms with van der Waals surface area (Å²) in [7, 11) is 0. The van der Waals surface area contributed by atoms with Gasteiger partial charge in [-0.2, -0.15) is 0 Å². The van der Waals surface area contributed by atoms with Gasteiger partial charge in [-0.15, -0.1) is 11.3 Å². The third-order valence-corrected chi connectivity index (χ3v) is 5.32. The number of hydrogen-bond donors (Lipinski definition) is 2. The molecule has 0 atom stereocenters. The predicted molar refractivity (Wildman–Crippen MR) is 125 cm³/mol. The second kappa shape index (κ2) is 11.0. The van der Waals surface area contributed by atoms with Crippen molar-refractivity contribution >= 4 is 39.8 Å². The standard InChI is InChI=1S/C23H30N2O6S/c1-7-29-16-10-9-15(12-17(16)30-8-2)24-18(26)13-31-21(27)20-14(3)11-19(32-20)25-22(28)23(4,5)6/h9-12H,7-8,13H2,1-6H3,(H,24,26)(H,25,28). The van der Waals surface area contributed by atoms with Crippen LogP contribution in [0.25, 0.3) is 0 Å². The van der Waals surface area contributed by atoms with Gasteiger partial charge in [0.2, 0.25) is 5.91 Å². The Morgan fingerprint density at radius 1 is 0.969 bits per heavy atom. The van der Waals surface area contributed by atoms with Gasteiger partial charge in [-0.25, -0.2) is 4.79 Å². The number of aryl methyl sites for hydroxylation is 1. The Balaban J connectivity index is 1.96. The van der Waals surface area contributed by atoms with E-state index in [1.807, 2.05) is 13.8 Å². The number of nitrogens with one attached hydrogen (secondary N) is 2. The highest BCUT2D eigenvalue weighted by molar-refractivity contribution is 7.18. The van der Waals surface area contributed by atoms with Crippen molar-refractivity contribution in [1.82, 2.24) is 0 Å². The van der Waals surface area contributed by atoms with Gasteiger partial charge in [0.05, 0.1) is 18.2 Å². The Bertz CT molecular complexity index is 977. The van der Waals surface area contributed by atoms with Gasteiger partial charge in [0.1, 0.15) is 4.88 Å². The number of esters is 1. The van der Waals surface area contributed by atoms with Crippen molar-refractivity contribution < 1.29 is 28.6 Å². The van der Waals surface area contributed by atoms with E-state index in [2.05, 4.69) is 10.6 Å². The normalized spacial score (nSPS) is 10.9. The van der Waals surface area contributed by atoms with Crippen molar-refractivity contribution in [3.05, 3.63) is 34.7 Å². The molecule has 32 heavy (non-hydrogen) atoms. The van der Waals surface area contributed by atoms with E-state index in [1.54, 1.807) is 52.0 Å². The van der Waals surface area contributed by atoms with Crippen LogP contribution in [0.5, 0.6) is 11.5 Å². The molecule has 0 aliphatic heterocycles. The molecule has 174 valence electrons. The summed E-state index contributed by atoms with van der Waals surface area (Å²) in [5.74, 6) is -0.162. The maximum absolute atomic E-state index is 12.4. The Labute approximate surface area is 192 Å². The molecule has 0 bridgehead atoms. The second-order valence-electron chi connectivity index (χ2n) is 7.98. The van der Waals surface area contributed by atoms with Crippen molar-refractivity contribution in [2.24, 2.45) is 5.41 Å². The maximum atomic E-state index is 12.4. The van der Waals surface area contributed by atoms with Crippen molar-refractivity contribution in [2.45, 2.75) is 41.5 Å². The van der Waals surface area contributed by atoms with Crippen LogP contribution in [0, 0.1) is 12.3 Å². The van der Waals surface area contributed by atoms with Crippen molar-refractivity contribution in [2.75, 3.05) is 30.5 Å². The van der Waals surface area contributed by atoms with Crippen LogP contribution in [0.3, 0.4) is 0 Å². The number of carbonyl (C=O) groups is 3. The number of anilines is 2. The first-order valence-electron chi connectivity index (χ1n) is 10.3. The van der Waals surface area contributed by atoms with Gasteiger partial charge in [-0.05, 0) is 44.5 Å². The van der Waals surface area contributed by atoms with E-state index < -0.39 is 23.9 Å². The summed E-state index contributed by atoms with van der Waals surface area (Å²) in [5.41, 5.74) is 0.606. The molecule has 2 rings (SSSR count). The quantitative estimate of drug-likeness (QED) is 0.527. The predicted octanol–water partition coefficient (Wildman–Crippen LogP) is 4.63. The highest BCUT2D eigenvalue weighted by atomic mass is 32.1. The summed E-state index contributed by atoms with van der Waals surface area (Å²) in [6.07, 6.45) is 0. The highest BCUT2D eigenvalue weighted by Crippen LogP contribution is 2.31. The first-order valence-corrected chi connectivity index (χ1v) is 11.1. The summed E-state index contributed by atoms with van der Waals surface area (Å²) in [6, 6.07) is 6.75. The second-order valence-corrected chi connectivity index (χ2v) is 9.03. The Morgan fingerprint density at radius 2 is 1.62 bits per heavy atom. The number of thiophene rings is 1. The minimum absolute atomic E-state index is 0.153. The molecule has 0 saturated heterocycles. The molecule has 2 N–H and O–H groups in total. The third-order valence-electron chi connectivity index (χ3n) is 4.18. The van der Waals surface area contributed by atoms with Crippen LogP contribution in [0.4, 0.5) is 10.7 Å². The Morgan fingerprint density at radius 3 is 2.25 bits per heavy atom. The molecule has 0 spiro atoms. The summed E-state index contributed by atoms with van der Waals surface area (Å²) in [6.45, 7) is 11.4. The van der Waals surface area contributed by atoms with Crippen molar-refractivity contribution in [1.29, 1.82) is 0 Å². The average Bonchev–Trinajstić information content (AvgIpc) is 3.08. The fourth-order valence-electron chi connectivity index (χ4n) is 2.57. The van der Waals surface area contributed by atoms with E-state index in [1.165, 1.54) is 0 Å². The number of ether oxygens (including phenoxy) is 3.